The first kappa shape index (κ1) is 14.4. The summed E-state index contributed by atoms with van der Waals surface area (Å²) in [6.45, 7) is 3.80. The van der Waals surface area contributed by atoms with Crippen molar-refractivity contribution in [1.82, 2.24) is 9.97 Å². The van der Waals surface area contributed by atoms with Crippen molar-refractivity contribution in [3.05, 3.63) is 52.8 Å². The topological polar surface area (TPSA) is 69.8 Å². The molecule has 2 amide bonds. The van der Waals surface area contributed by atoms with E-state index in [1.165, 1.54) is 0 Å². The number of rotatable bonds is 2. The third kappa shape index (κ3) is 3.04. The molecule has 3 N–H and O–H groups in total. The fourth-order valence-corrected chi connectivity index (χ4v) is 2.36. The molecule has 0 aliphatic heterocycles. The number of nitrogens with zero attached hydrogens (tertiary/aromatic N) is 1. The Hall–Kier alpha value is -2.53. The summed E-state index contributed by atoms with van der Waals surface area (Å²) in [6.07, 6.45) is 0. The number of carbonyl (C=O) groups is 1. The third-order valence-corrected chi connectivity index (χ3v) is 3.70. The van der Waals surface area contributed by atoms with E-state index in [-0.39, 0.29) is 6.03 Å². The number of aromatic nitrogens is 2. The van der Waals surface area contributed by atoms with Gasteiger partial charge in [0.05, 0.1) is 11.0 Å². The molecule has 0 saturated carbocycles. The minimum Gasteiger partial charge on any atom is -0.342 e. The number of aromatic amines is 1. The summed E-state index contributed by atoms with van der Waals surface area (Å²) in [5.74, 6) is 0.839. The molecule has 2 aromatic carbocycles. The average Bonchev–Trinajstić information content (AvgIpc) is 2.82. The quantitative estimate of drug-likeness (QED) is 0.653. The Balaban J connectivity index is 1.73. The molecule has 0 fully saturated rings. The summed E-state index contributed by atoms with van der Waals surface area (Å²) in [5, 5.41) is 6.15. The highest BCUT2D eigenvalue weighted by Gasteiger charge is 2.06. The van der Waals surface area contributed by atoms with Gasteiger partial charge in [-0.2, -0.15) is 0 Å². The van der Waals surface area contributed by atoms with Gasteiger partial charge in [-0.15, -0.1) is 0 Å². The minimum absolute atomic E-state index is 0.324. The van der Waals surface area contributed by atoms with Crippen LogP contribution >= 0.6 is 11.6 Å². The van der Waals surface area contributed by atoms with E-state index in [4.69, 9.17) is 11.6 Å². The molecule has 6 heteroatoms. The van der Waals surface area contributed by atoms with Crippen LogP contribution in [0.3, 0.4) is 0 Å². The summed E-state index contributed by atoms with van der Waals surface area (Å²) >= 11 is 6.04. The van der Waals surface area contributed by atoms with Crippen molar-refractivity contribution in [2.24, 2.45) is 0 Å². The minimum atomic E-state index is -0.324. The first-order chi connectivity index (χ1) is 10.5. The number of benzene rings is 2. The van der Waals surface area contributed by atoms with Gasteiger partial charge in [0.15, 0.2) is 0 Å². The number of hydrogen-bond donors (Lipinski definition) is 3. The molecule has 5 nitrogen and oxygen atoms in total. The molecule has 1 heterocycles. The fraction of sp³-hybridized carbons (Fsp3) is 0.125. The van der Waals surface area contributed by atoms with Gasteiger partial charge in [-0.1, -0.05) is 17.7 Å². The molecule has 0 atom stereocenters. The highest BCUT2D eigenvalue weighted by molar-refractivity contribution is 6.31. The van der Waals surface area contributed by atoms with Crippen LogP contribution in [-0.2, 0) is 0 Å². The molecule has 1 aromatic heterocycles. The Bertz CT molecular complexity index is 856. The fourth-order valence-electron chi connectivity index (χ4n) is 2.18. The van der Waals surface area contributed by atoms with Crippen LogP contribution in [0, 0.1) is 13.8 Å². The number of H-pyrrole nitrogens is 1. The Kier molecular flexibility index (Phi) is 3.73. The lowest BCUT2D eigenvalue weighted by Crippen LogP contribution is -2.19. The van der Waals surface area contributed by atoms with Crippen molar-refractivity contribution in [2.75, 3.05) is 10.6 Å². The number of anilines is 2. The number of carbonyl (C=O) groups excluding carboxylic acids is 1. The summed E-state index contributed by atoms with van der Waals surface area (Å²) in [7, 11) is 0. The van der Waals surface area contributed by atoms with E-state index in [1.807, 2.05) is 44.2 Å². The first-order valence-corrected chi connectivity index (χ1v) is 7.19. The van der Waals surface area contributed by atoms with E-state index in [1.54, 1.807) is 6.07 Å². The predicted molar refractivity (Wildman–Crippen MR) is 89.7 cm³/mol. The highest BCUT2D eigenvalue weighted by Crippen LogP contribution is 2.21. The van der Waals surface area contributed by atoms with Crippen molar-refractivity contribution in [3.63, 3.8) is 0 Å². The SMILES string of the molecule is Cc1nc2ccc(NC(=O)Nc3ccc(C)c(Cl)c3)cc2[nH]1. The predicted octanol–water partition coefficient (Wildman–Crippen LogP) is 4.48. The summed E-state index contributed by atoms with van der Waals surface area (Å²) in [6, 6.07) is 10.6. The molecule has 22 heavy (non-hydrogen) atoms. The number of hydrogen-bond acceptors (Lipinski definition) is 2. The van der Waals surface area contributed by atoms with Crippen molar-refractivity contribution in [3.8, 4) is 0 Å². The van der Waals surface area contributed by atoms with Crippen molar-refractivity contribution >= 4 is 40.0 Å². The molecular formula is C16H15ClN4O. The zero-order valence-corrected chi connectivity index (χ0v) is 13.0. The highest BCUT2D eigenvalue weighted by atomic mass is 35.5. The summed E-state index contributed by atoms with van der Waals surface area (Å²) < 4.78 is 0. The summed E-state index contributed by atoms with van der Waals surface area (Å²) in [5.41, 5.74) is 4.05. The maximum Gasteiger partial charge on any atom is 0.323 e. The van der Waals surface area contributed by atoms with Gasteiger partial charge >= 0.3 is 6.03 Å². The van der Waals surface area contributed by atoms with Gasteiger partial charge in [-0.25, -0.2) is 9.78 Å². The van der Waals surface area contributed by atoms with Gasteiger partial charge in [0.2, 0.25) is 0 Å². The Labute approximate surface area is 132 Å². The normalized spacial score (nSPS) is 10.7. The second kappa shape index (κ2) is 5.69. The van der Waals surface area contributed by atoms with E-state index in [0.717, 1.165) is 22.4 Å². The third-order valence-electron chi connectivity index (χ3n) is 3.29. The van der Waals surface area contributed by atoms with E-state index in [0.29, 0.717) is 16.4 Å². The standard InChI is InChI=1S/C16H15ClN4O/c1-9-3-4-11(7-13(9)17)20-16(22)21-12-5-6-14-15(8-12)19-10(2)18-14/h3-8H,1-2H3,(H,18,19)(H2,20,21,22). The molecule has 112 valence electrons. The van der Waals surface area contributed by atoms with Crippen LogP contribution in [0.1, 0.15) is 11.4 Å². The van der Waals surface area contributed by atoms with Crippen LogP contribution < -0.4 is 10.6 Å². The molecule has 0 radical (unpaired) electrons. The maximum absolute atomic E-state index is 12.0. The monoisotopic (exact) mass is 314 g/mol. The maximum atomic E-state index is 12.0. The first-order valence-electron chi connectivity index (χ1n) is 6.82. The number of imidazole rings is 1. The molecule has 0 aliphatic rings. The number of fused-ring (bicyclic) bond motifs is 1. The smallest absolute Gasteiger partial charge is 0.323 e. The molecule has 3 rings (SSSR count). The molecular weight excluding hydrogens is 300 g/mol. The van der Waals surface area contributed by atoms with Gasteiger partial charge in [-0.05, 0) is 49.7 Å². The van der Waals surface area contributed by atoms with Gasteiger partial charge in [-0.3, -0.25) is 0 Å². The van der Waals surface area contributed by atoms with E-state index < -0.39 is 0 Å². The molecule has 0 saturated heterocycles. The van der Waals surface area contributed by atoms with Crippen molar-refractivity contribution in [2.45, 2.75) is 13.8 Å². The van der Waals surface area contributed by atoms with E-state index in [2.05, 4.69) is 20.6 Å². The molecule has 0 unspecified atom stereocenters. The lowest BCUT2D eigenvalue weighted by atomic mass is 10.2. The number of amides is 2. The molecule has 0 spiro atoms. The molecule has 0 bridgehead atoms. The van der Waals surface area contributed by atoms with Gasteiger partial charge in [0.25, 0.3) is 0 Å². The zero-order valence-electron chi connectivity index (χ0n) is 12.2. The zero-order chi connectivity index (χ0) is 15.7. The van der Waals surface area contributed by atoms with Crippen LogP contribution in [0.2, 0.25) is 5.02 Å². The number of nitrogens with one attached hydrogen (secondary N) is 3. The lowest BCUT2D eigenvalue weighted by molar-refractivity contribution is 0.262. The van der Waals surface area contributed by atoms with E-state index >= 15 is 0 Å². The van der Waals surface area contributed by atoms with Crippen LogP contribution in [-0.4, -0.2) is 16.0 Å². The number of halogens is 1. The van der Waals surface area contributed by atoms with Crippen molar-refractivity contribution in [1.29, 1.82) is 0 Å². The van der Waals surface area contributed by atoms with Crippen LogP contribution in [0.5, 0.6) is 0 Å². The van der Waals surface area contributed by atoms with Gasteiger partial charge in [0.1, 0.15) is 5.82 Å². The van der Waals surface area contributed by atoms with Crippen LogP contribution in [0.25, 0.3) is 11.0 Å². The van der Waals surface area contributed by atoms with Crippen LogP contribution in [0.15, 0.2) is 36.4 Å². The second-order valence-corrected chi connectivity index (χ2v) is 5.50. The Morgan fingerprint density at radius 3 is 2.50 bits per heavy atom. The van der Waals surface area contributed by atoms with Crippen molar-refractivity contribution < 1.29 is 4.79 Å². The average molecular weight is 315 g/mol. The lowest BCUT2D eigenvalue weighted by Gasteiger charge is -2.08. The molecule has 3 aromatic rings. The Morgan fingerprint density at radius 1 is 1.09 bits per heavy atom. The van der Waals surface area contributed by atoms with Crippen LogP contribution in [0.4, 0.5) is 16.2 Å². The summed E-state index contributed by atoms with van der Waals surface area (Å²) in [4.78, 5) is 19.5. The van der Waals surface area contributed by atoms with Gasteiger partial charge in [0, 0.05) is 16.4 Å². The number of aryl methyl sites for hydroxylation is 2. The Morgan fingerprint density at radius 2 is 1.77 bits per heavy atom. The second-order valence-electron chi connectivity index (χ2n) is 5.10. The van der Waals surface area contributed by atoms with E-state index in [9.17, 15) is 4.79 Å². The van der Waals surface area contributed by atoms with Gasteiger partial charge < -0.3 is 15.6 Å². The molecule has 0 aliphatic carbocycles. The largest absolute Gasteiger partial charge is 0.342 e. The number of urea groups is 1.